The molecule has 15 heavy (non-hydrogen) atoms. The fourth-order valence-corrected chi connectivity index (χ4v) is 1.18. The van der Waals surface area contributed by atoms with Crippen LogP contribution in [0.5, 0.6) is 0 Å². The highest BCUT2D eigenvalue weighted by Gasteiger charge is 2.16. The van der Waals surface area contributed by atoms with Crippen LogP contribution < -0.4 is 0 Å². The van der Waals surface area contributed by atoms with Crippen molar-refractivity contribution in [2.24, 2.45) is 0 Å². The van der Waals surface area contributed by atoms with Crippen LogP contribution >= 0.6 is 0 Å². The number of piperazine rings is 1. The lowest BCUT2D eigenvalue weighted by molar-refractivity contribution is -0.190. The lowest BCUT2D eigenvalue weighted by Gasteiger charge is -2.30. The van der Waals surface area contributed by atoms with E-state index in [1.807, 2.05) is 7.05 Å². The van der Waals surface area contributed by atoms with E-state index in [-0.39, 0.29) is 0 Å². The molecule has 6 nitrogen and oxygen atoms in total. The van der Waals surface area contributed by atoms with E-state index in [0.29, 0.717) is 13.1 Å². The standard InChI is InChI=1S/C9H14N2O4/c1-10-4-6-11(7-5-10)15-9(14)3-2-8(12)13/h2-3H,4-7H2,1H3,(H,12,13). The van der Waals surface area contributed by atoms with Crippen LogP contribution in [-0.2, 0) is 14.4 Å². The van der Waals surface area contributed by atoms with Crippen molar-refractivity contribution in [3.63, 3.8) is 0 Å². The summed E-state index contributed by atoms with van der Waals surface area (Å²) in [4.78, 5) is 28.2. The number of hydroxylamine groups is 2. The maximum atomic E-state index is 11.1. The second-order valence-corrected chi connectivity index (χ2v) is 3.31. The summed E-state index contributed by atoms with van der Waals surface area (Å²) in [5.41, 5.74) is 0. The average molecular weight is 214 g/mol. The van der Waals surface area contributed by atoms with Gasteiger partial charge in [0.2, 0.25) is 0 Å². The van der Waals surface area contributed by atoms with Crippen molar-refractivity contribution in [1.29, 1.82) is 0 Å². The van der Waals surface area contributed by atoms with Gasteiger partial charge in [0, 0.05) is 38.3 Å². The van der Waals surface area contributed by atoms with Gasteiger partial charge < -0.3 is 14.8 Å². The van der Waals surface area contributed by atoms with Crippen LogP contribution in [0.1, 0.15) is 0 Å². The molecule has 1 aliphatic heterocycles. The van der Waals surface area contributed by atoms with Gasteiger partial charge in [0.1, 0.15) is 0 Å². The highest BCUT2D eigenvalue weighted by Crippen LogP contribution is 2.00. The summed E-state index contributed by atoms with van der Waals surface area (Å²) in [6.45, 7) is 2.94. The Bertz CT molecular complexity index is 269. The van der Waals surface area contributed by atoms with E-state index in [1.54, 1.807) is 0 Å². The molecule has 0 unspecified atom stereocenters. The van der Waals surface area contributed by atoms with E-state index in [9.17, 15) is 9.59 Å². The van der Waals surface area contributed by atoms with Crippen molar-refractivity contribution >= 4 is 11.9 Å². The number of carbonyl (C=O) groups excluding carboxylic acids is 1. The van der Waals surface area contributed by atoms with E-state index in [4.69, 9.17) is 9.94 Å². The Hall–Kier alpha value is -1.40. The number of nitrogens with zero attached hydrogens (tertiary/aromatic N) is 2. The van der Waals surface area contributed by atoms with Crippen molar-refractivity contribution in [1.82, 2.24) is 9.96 Å². The number of likely N-dealkylation sites (N-methyl/N-ethyl adjacent to an activating group) is 1. The summed E-state index contributed by atoms with van der Waals surface area (Å²) in [5.74, 6) is -1.81. The Balaban J connectivity index is 2.29. The molecule has 0 spiro atoms. The van der Waals surface area contributed by atoms with Crippen molar-refractivity contribution < 1.29 is 19.5 Å². The molecule has 0 saturated carbocycles. The number of carboxylic acids is 1. The minimum absolute atomic E-state index is 0.642. The number of rotatable bonds is 3. The zero-order valence-electron chi connectivity index (χ0n) is 8.55. The molecular formula is C9H14N2O4. The van der Waals surface area contributed by atoms with Crippen molar-refractivity contribution in [3.8, 4) is 0 Å². The minimum atomic E-state index is -1.16. The lowest BCUT2D eigenvalue weighted by Crippen LogP contribution is -2.44. The quantitative estimate of drug-likeness (QED) is 0.628. The monoisotopic (exact) mass is 214 g/mol. The molecule has 0 amide bonds. The molecule has 1 saturated heterocycles. The summed E-state index contributed by atoms with van der Waals surface area (Å²) in [5, 5.41) is 9.82. The molecule has 6 heteroatoms. The first kappa shape index (κ1) is 11.7. The van der Waals surface area contributed by atoms with E-state index in [0.717, 1.165) is 25.2 Å². The van der Waals surface area contributed by atoms with Crippen LogP contribution in [-0.4, -0.2) is 60.2 Å². The Morgan fingerprint density at radius 2 is 1.80 bits per heavy atom. The van der Waals surface area contributed by atoms with Crippen LogP contribution in [0.25, 0.3) is 0 Å². The molecule has 0 aromatic heterocycles. The van der Waals surface area contributed by atoms with Crippen LogP contribution in [0.3, 0.4) is 0 Å². The third kappa shape index (κ3) is 4.57. The van der Waals surface area contributed by atoms with Gasteiger partial charge in [-0.15, -0.1) is 5.06 Å². The third-order valence-corrected chi connectivity index (χ3v) is 2.04. The van der Waals surface area contributed by atoms with Crippen LogP contribution in [0.15, 0.2) is 12.2 Å². The highest BCUT2D eigenvalue weighted by atomic mass is 16.7. The fraction of sp³-hybridized carbons (Fsp3) is 0.556. The second-order valence-electron chi connectivity index (χ2n) is 3.31. The molecule has 0 aromatic carbocycles. The molecule has 1 rings (SSSR count). The van der Waals surface area contributed by atoms with Gasteiger partial charge in [-0.25, -0.2) is 9.59 Å². The van der Waals surface area contributed by atoms with Gasteiger partial charge in [0.15, 0.2) is 0 Å². The van der Waals surface area contributed by atoms with E-state index in [1.165, 1.54) is 5.06 Å². The number of hydrogen-bond donors (Lipinski definition) is 1. The Labute approximate surface area is 87.7 Å². The molecule has 0 bridgehead atoms. The molecule has 1 aliphatic rings. The van der Waals surface area contributed by atoms with E-state index in [2.05, 4.69) is 4.90 Å². The molecule has 0 atom stereocenters. The Morgan fingerprint density at radius 3 is 2.33 bits per heavy atom. The van der Waals surface area contributed by atoms with Gasteiger partial charge in [-0.2, -0.15) is 0 Å². The second kappa shape index (κ2) is 5.47. The first-order chi connectivity index (χ1) is 7.08. The largest absolute Gasteiger partial charge is 0.478 e. The van der Waals surface area contributed by atoms with Gasteiger partial charge in [0.05, 0.1) is 0 Å². The molecule has 1 heterocycles. The summed E-state index contributed by atoms with van der Waals surface area (Å²) >= 11 is 0. The Morgan fingerprint density at radius 1 is 1.20 bits per heavy atom. The predicted molar refractivity (Wildman–Crippen MR) is 51.9 cm³/mol. The van der Waals surface area contributed by atoms with Crippen LogP contribution in [0.2, 0.25) is 0 Å². The summed E-state index contributed by atoms with van der Waals surface area (Å²) in [7, 11) is 1.99. The average Bonchev–Trinajstić information content (AvgIpc) is 2.19. The van der Waals surface area contributed by atoms with E-state index >= 15 is 0 Å². The number of aliphatic carboxylic acids is 1. The van der Waals surface area contributed by atoms with E-state index < -0.39 is 11.9 Å². The predicted octanol–water partition coefficient (Wildman–Crippen LogP) is -0.667. The van der Waals surface area contributed by atoms with Crippen LogP contribution in [0.4, 0.5) is 0 Å². The first-order valence-electron chi connectivity index (χ1n) is 4.64. The van der Waals surface area contributed by atoms with Crippen molar-refractivity contribution in [2.45, 2.75) is 0 Å². The fourth-order valence-electron chi connectivity index (χ4n) is 1.18. The van der Waals surface area contributed by atoms with Gasteiger partial charge in [-0.1, -0.05) is 0 Å². The summed E-state index contributed by atoms with van der Waals surface area (Å²) in [6.07, 6.45) is 1.67. The summed E-state index contributed by atoms with van der Waals surface area (Å²) < 4.78 is 0. The van der Waals surface area contributed by atoms with Crippen molar-refractivity contribution in [3.05, 3.63) is 12.2 Å². The molecule has 84 valence electrons. The SMILES string of the molecule is CN1CCN(OC(=O)C=CC(=O)O)CC1. The third-order valence-electron chi connectivity index (χ3n) is 2.04. The topological polar surface area (TPSA) is 70.1 Å². The lowest BCUT2D eigenvalue weighted by atomic mass is 10.4. The van der Waals surface area contributed by atoms with Gasteiger partial charge in [-0.3, -0.25) is 0 Å². The first-order valence-corrected chi connectivity index (χ1v) is 4.64. The minimum Gasteiger partial charge on any atom is -0.478 e. The number of hydrogen-bond acceptors (Lipinski definition) is 5. The molecule has 1 fully saturated rings. The number of carboxylic acid groups (broad SMARTS) is 1. The number of carbonyl (C=O) groups is 2. The highest BCUT2D eigenvalue weighted by molar-refractivity contribution is 5.90. The molecule has 0 aliphatic carbocycles. The Kier molecular flexibility index (Phi) is 4.26. The van der Waals surface area contributed by atoms with Gasteiger partial charge >= 0.3 is 11.9 Å². The smallest absolute Gasteiger partial charge is 0.349 e. The van der Waals surface area contributed by atoms with Gasteiger partial charge in [0.25, 0.3) is 0 Å². The molecule has 0 radical (unpaired) electrons. The zero-order chi connectivity index (χ0) is 11.3. The summed E-state index contributed by atoms with van der Waals surface area (Å²) in [6, 6.07) is 0. The zero-order valence-corrected chi connectivity index (χ0v) is 8.55. The van der Waals surface area contributed by atoms with Crippen LogP contribution in [0, 0.1) is 0 Å². The molecular weight excluding hydrogens is 200 g/mol. The maximum absolute atomic E-state index is 11.1. The van der Waals surface area contributed by atoms with Crippen molar-refractivity contribution in [2.75, 3.05) is 33.2 Å². The molecule has 1 N–H and O–H groups in total. The van der Waals surface area contributed by atoms with Gasteiger partial charge in [-0.05, 0) is 7.05 Å². The normalized spacial score (nSPS) is 19.3. The maximum Gasteiger partial charge on any atom is 0.349 e. The molecule has 0 aromatic rings.